The summed E-state index contributed by atoms with van der Waals surface area (Å²) in [5.41, 5.74) is 0.528. The Labute approximate surface area is 83.6 Å². The Morgan fingerprint density at radius 3 is 2.07 bits per heavy atom. The molecular weight excluding hydrogens is 180 g/mol. The number of ketones is 1. The number of rotatable bonds is 4. The number of carbonyl (C=O) groups is 1. The van der Waals surface area contributed by atoms with E-state index < -0.39 is 0 Å². The normalized spacial score (nSPS) is 9.64. The van der Waals surface area contributed by atoms with E-state index in [1.807, 2.05) is 6.92 Å². The summed E-state index contributed by atoms with van der Waals surface area (Å²) < 4.78 is 10.2. The van der Waals surface area contributed by atoms with Gasteiger partial charge in [-0.2, -0.15) is 0 Å². The monoisotopic (exact) mass is 194 g/mol. The fraction of sp³-hybridized carbons (Fsp3) is 0.364. The predicted molar refractivity (Wildman–Crippen MR) is 54.2 cm³/mol. The van der Waals surface area contributed by atoms with E-state index >= 15 is 0 Å². The molecule has 0 N–H and O–H groups in total. The minimum Gasteiger partial charge on any atom is -0.496 e. The minimum atomic E-state index is 0.0271. The maximum absolute atomic E-state index is 11.6. The molecule has 0 unspecified atom stereocenters. The topological polar surface area (TPSA) is 35.5 Å². The SMILES string of the molecule is CCC(=O)c1c(OC)cccc1OC. The third kappa shape index (κ3) is 1.87. The summed E-state index contributed by atoms with van der Waals surface area (Å²) >= 11 is 0. The van der Waals surface area contributed by atoms with E-state index in [2.05, 4.69) is 0 Å². The van der Waals surface area contributed by atoms with Gasteiger partial charge in [0.1, 0.15) is 17.1 Å². The van der Waals surface area contributed by atoms with E-state index in [1.54, 1.807) is 32.4 Å². The summed E-state index contributed by atoms with van der Waals surface area (Å²) in [5.74, 6) is 1.16. The predicted octanol–water partition coefficient (Wildman–Crippen LogP) is 2.30. The number of hydrogen-bond donors (Lipinski definition) is 0. The largest absolute Gasteiger partial charge is 0.496 e. The fourth-order valence-corrected chi connectivity index (χ4v) is 1.30. The first kappa shape index (κ1) is 10.6. The quantitative estimate of drug-likeness (QED) is 0.690. The summed E-state index contributed by atoms with van der Waals surface area (Å²) in [6.07, 6.45) is 0.441. The van der Waals surface area contributed by atoms with Crippen LogP contribution in [0.15, 0.2) is 18.2 Å². The fourth-order valence-electron chi connectivity index (χ4n) is 1.30. The molecule has 1 aromatic rings. The van der Waals surface area contributed by atoms with Gasteiger partial charge < -0.3 is 9.47 Å². The first-order valence-electron chi connectivity index (χ1n) is 4.48. The van der Waals surface area contributed by atoms with Crippen molar-refractivity contribution < 1.29 is 14.3 Å². The Balaban J connectivity index is 3.25. The lowest BCUT2D eigenvalue weighted by Gasteiger charge is -2.10. The van der Waals surface area contributed by atoms with Gasteiger partial charge in [0, 0.05) is 6.42 Å². The molecule has 0 spiro atoms. The van der Waals surface area contributed by atoms with Gasteiger partial charge in [-0.15, -0.1) is 0 Å². The number of hydrogen-bond acceptors (Lipinski definition) is 3. The van der Waals surface area contributed by atoms with E-state index in [0.29, 0.717) is 23.5 Å². The van der Waals surface area contributed by atoms with Gasteiger partial charge in [0.2, 0.25) is 0 Å². The highest BCUT2D eigenvalue weighted by Crippen LogP contribution is 2.29. The molecule has 0 bridgehead atoms. The molecule has 0 aromatic heterocycles. The molecule has 1 rings (SSSR count). The van der Waals surface area contributed by atoms with Crippen LogP contribution in [0.1, 0.15) is 23.7 Å². The highest BCUT2D eigenvalue weighted by molar-refractivity contribution is 6.01. The number of methoxy groups -OCH3 is 2. The van der Waals surface area contributed by atoms with Crippen molar-refractivity contribution in [2.75, 3.05) is 14.2 Å². The second kappa shape index (κ2) is 4.65. The molecule has 0 heterocycles. The number of benzene rings is 1. The maximum atomic E-state index is 11.6. The Hall–Kier alpha value is -1.51. The van der Waals surface area contributed by atoms with Gasteiger partial charge in [-0.3, -0.25) is 4.79 Å². The zero-order valence-corrected chi connectivity index (χ0v) is 8.66. The Morgan fingerprint density at radius 2 is 1.71 bits per heavy atom. The van der Waals surface area contributed by atoms with Crippen LogP contribution in [0.2, 0.25) is 0 Å². The first-order valence-corrected chi connectivity index (χ1v) is 4.48. The Bertz CT molecular complexity index is 309. The highest BCUT2D eigenvalue weighted by Gasteiger charge is 2.15. The average molecular weight is 194 g/mol. The van der Waals surface area contributed by atoms with Crippen LogP contribution in [0, 0.1) is 0 Å². The van der Waals surface area contributed by atoms with Gasteiger partial charge in [0.05, 0.1) is 14.2 Å². The average Bonchev–Trinajstić information content (AvgIpc) is 2.26. The maximum Gasteiger partial charge on any atom is 0.170 e. The molecule has 0 amide bonds. The molecule has 3 heteroatoms. The second-order valence-corrected chi connectivity index (χ2v) is 2.81. The van der Waals surface area contributed by atoms with E-state index in [1.165, 1.54) is 0 Å². The van der Waals surface area contributed by atoms with E-state index in [0.717, 1.165) is 0 Å². The summed E-state index contributed by atoms with van der Waals surface area (Å²) in [4.78, 5) is 11.6. The molecule has 0 aliphatic heterocycles. The molecule has 0 fully saturated rings. The smallest absolute Gasteiger partial charge is 0.170 e. The molecule has 3 nitrogen and oxygen atoms in total. The summed E-state index contributed by atoms with van der Waals surface area (Å²) in [6.45, 7) is 1.81. The summed E-state index contributed by atoms with van der Waals surface area (Å²) in [5, 5.41) is 0. The standard InChI is InChI=1S/C11H14O3/c1-4-8(12)11-9(13-2)6-5-7-10(11)14-3/h5-7H,4H2,1-3H3. The van der Waals surface area contributed by atoms with Crippen molar-refractivity contribution in [3.8, 4) is 11.5 Å². The third-order valence-corrected chi connectivity index (χ3v) is 2.03. The van der Waals surface area contributed by atoms with Crippen LogP contribution in [0.3, 0.4) is 0 Å². The van der Waals surface area contributed by atoms with Crippen molar-refractivity contribution in [3.63, 3.8) is 0 Å². The van der Waals surface area contributed by atoms with Gasteiger partial charge in [0.25, 0.3) is 0 Å². The summed E-state index contributed by atoms with van der Waals surface area (Å²) in [7, 11) is 3.09. The van der Waals surface area contributed by atoms with Gasteiger partial charge in [-0.05, 0) is 12.1 Å². The molecule has 0 saturated carbocycles. The molecule has 1 aromatic carbocycles. The van der Waals surface area contributed by atoms with Crippen LogP contribution in [0.5, 0.6) is 11.5 Å². The lowest BCUT2D eigenvalue weighted by Crippen LogP contribution is -2.03. The lowest BCUT2D eigenvalue weighted by molar-refractivity contribution is 0.0982. The Morgan fingerprint density at radius 1 is 1.21 bits per heavy atom. The van der Waals surface area contributed by atoms with Crippen LogP contribution in [-0.2, 0) is 0 Å². The molecule has 0 atom stereocenters. The van der Waals surface area contributed by atoms with Gasteiger partial charge in [-0.25, -0.2) is 0 Å². The summed E-state index contributed by atoms with van der Waals surface area (Å²) in [6, 6.07) is 5.31. The van der Waals surface area contributed by atoms with E-state index in [4.69, 9.17) is 9.47 Å². The van der Waals surface area contributed by atoms with Crippen molar-refractivity contribution >= 4 is 5.78 Å². The first-order chi connectivity index (χ1) is 6.74. The van der Waals surface area contributed by atoms with Crippen molar-refractivity contribution in [1.82, 2.24) is 0 Å². The van der Waals surface area contributed by atoms with Crippen molar-refractivity contribution in [2.24, 2.45) is 0 Å². The molecule has 0 saturated heterocycles. The minimum absolute atomic E-state index is 0.0271. The van der Waals surface area contributed by atoms with Crippen LogP contribution in [0.25, 0.3) is 0 Å². The van der Waals surface area contributed by atoms with Crippen LogP contribution >= 0.6 is 0 Å². The van der Waals surface area contributed by atoms with Gasteiger partial charge >= 0.3 is 0 Å². The van der Waals surface area contributed by atoms with Crippen LogP contribution in [0.4, 0.5) is 0 Å². The number of ether oxygens (including phenoxy) is 2. The zero-order chi connectivity index (χ0) is 10.6. The molecule has 0 aliphatic carbocycles. The van der Waals surface area contributed by atoms with Crippen molar-refractivity contribution in [1.29, 1.82) is 0 Å². The lowest BCUT2D eigenvalue weighted by atomic mass is 10.1. The molecule has 0 aliphatic rings. The molecule has 76 valence electrons. The molecule has 14 heavy (non-hydrogen) atoms. The van der Waals surface area contributed by atoms with E-state index in [9.17, 15) is 4.79 Å². The van der Waals surface area contributed by atoms with Crippen molar-refractivity contribution in [3.05, 3.63) is 23.8 Å². The van der Waals surface area contributed by atoms with Crippen molar-refractivity contribution in [2.45, 2.75) is 13.3 Å². The van der Waals surface area contributed by atoms with Crippen LogP contribution in [-0.4, -0.2) is 20.0 Å². The van der Waals surface area contributed by atoms with Gasteiger partial charge in [-0.1, -0.05) is 13.0 Å². The number of carbonyl (C=O) groups excluding carboxylic acids is 1. The van der Waals surface area contributed by atoms with E-state index in [-0.39, 0.29) is 5.78 Å². The van der Waals surface area contributed by atoms with Gasteiger partial charge in [0.15, 0.2) is 5.78 Å². The highest BCUT2D eigenvalue weighted by atomic mass is 16.5. The zero-order valence-electron chi connectivity index (χ0n) is 8.66. The number of Topliss-reactive ketones (excluding diaryl/α,β-unsaturated/α-hetero) is 1. The third-order valence-electron chi connectivity index (χ3n) is 2.03. The molecular formula is C11H14O3. The molecule has 0 radical (unpaired) electrons. The second-order valence-electron chi connectivity index (χ2n) is 2.81. The van der Waals surface area contributed by atoms with Crippen LogP contribution < -0.4 is 9.47 Å². The Kier molecular flexibility index (Phi) is 3.51.